The average molecular weight is 1010 g/mol. The molecule has 0 N–H and O–H groups in total. The highest BCUT2D eigenvalue weighted by Gasteiger charge is 2.22. The molecule has 0 radical (unpaired) electrons. The number of hydrogen-bond donors (Lipinski definition) is 0. The zero-order valence-electron chi connectivity index (χ0n) is 41.7. The maximum absolute atomic E-state index is 6.47. The van der Waals surface area contributed by atoms with Gasteiger partial charge in [0.15, 0.2) is 0 Å². The molecule has 0 aliphatic rings. The van der Waals surface area contributed by atoms with Gasteiger partial charge in [0.05, 0.1) is 0 Å². The molecular formula is C66H45N9O3. The van der Waals surface area contributed by atoms with Gasteiger partial charge in [0.25, 0.3) is 0 Å². The first-order valence-electron chi connectivity index (χ1n) is 25.3. The Hall–Kier alpha value is -11.0. The minimum atomic E-state index is 0.265. The second kappa shape index (κ2) is 21.1. The van der Waals surface area contributed by atoms with Crippen molar-refractivity contribution in [1.29, 1.82) is 0 Å². The van der Waals surface area contributed by atoms with Gasteiger partial charge in [-0.1, -0.05) is 109 Å². The molecule has 10 aromatic carbocycles. The summed E-state index contributed by atoms with van der Waals surface area (Å²) in [7, 11) is 0. The molecule has 0 fully saturated rings. The summed E-state index contributed by atoms with van der Waals surface area (Å²) in [5.74, 6) is 1.83. The first kappa shape index (κ1) is 46.8. The molecule has 78 heavy (non-hydrogen) atoms. The Bertz CT molecular complexity index is 3510. The lowest BCUT2D eigenvalue weighted by molar-refractivity contribution is 0.580. The van der Waals surface area contributed by atoms with E-state index in [-0.39, 0.29) is 17.7 Å². The Balaban J connectivity index is 0.833. The van der Waals surface area contributed by atoms with Crippen molar-refractivity contribution in [2.75, 3.05) is 14.7 Å². The lowest BCUT2D eigenvalue weighted by Gasteiger charge is -2.25. The van der Waals surface area contributed by atoms with Gasteiger partial charge < -0.3 is 28.0 Å². The Kier molecular flexibility index (Phi) is 12.7. The normalized spacial score (nSPS) is 11.1. The summed E-state index contributed by atoms with van der Waals surface area (Å²) in [6.45, 7) is 0. The molecule has 0 aliphatic carbocycles. The summed E-state index contributed by atoms with van der Waals surface area (Å²) in [6.07, 6.45) is 0. The van der Waals surface area contributed by atoms with Crippen LogP contribution >= 0.6 is 0 Å². The van der Waals surface area contributed by atoms with Crippen molar-refractivity contribution in [3.05, 3.63) is 273 Å². The zero-order valence-corrected chi connectivity index (χ0v) is 41.7. The van der Waals surface area contributed by atoms with Gasteiger partial charge in [0, 0.05) is 84.6 Å². The second-order valence-corrected chi connectivity index (χ2v) is 18.2. The summed E-state index contributed by atoms with van der Waals surface area (Å²) < 4.78 is 19.4. The molecule has 0 saturated heterocycles. The van der Waals surface area contributed by atoms with Gasteiger partial charge in [0.2, 0.25) is 35.3 Å². The summed E-state index contributed by atoms with van der Waals surface area (Å²) in [5, 5.41) is 27.2. The van der Waals surface area contributed by atoms with Gasteiger partial charge in [-0.25, -0.2) is 0 Å². The summed E-state index contributed by atoms with van der Waals surface area (Å²) >= 11 is 0. The van der Waals surface area contributed by atoms with E-state index in [1.54, 1.807) is 0 Å². The van der Waals surface area contributed by atoms with Crippen LogP contribution < -0.4 is 14.7 Å². The first-order chi connectivity index (χ1) is 38.6. The molecule has 0 unspecified atom stereocenters. The standard InChI is InChI=1S/C66H45N9O3/c1-7-19-52(20-8-1)73(53-21-9-2-10-22-53)58-37-31-46(32-38-58)61-67-70-64(76-61)49-43-50(65-71-68-62(77-65)47-33-39-59(40-34-47)74(54-23-11-3-12-24-54)55-25-13-4-14-26-55)45-51(44-49)66-72-69-63(78-66)48-35-41-60(42-36-48)75(56-27-15-5-16-28-56)57-29-17-6-18-30-57/h1-45H. The molecule has 3 heterocycles. The smallest absolute Gasteiger partial charge is 0.248 e. The SMILES string of the molecule is c1ccc(N(c2ccccc2)c2ccc(-c3nnc(-c4cc(-c5nnc(-c6ccc(N(c7ccccc7)c7ccccc7)cc6)o5)cc(-c5nnc(-c6ccc(N(c7ccccc7)c7ccccc7)cc6)o5)c4)o3)cc2)cc1. The lowest BCUT2D eigenvalue weighted by Crippen LogP contribution is -2.09. The molecule has 0 saturated carbocycles. The molecule has 372 valence electrons. The highest BCUT2D eigenvalue weighted by Crippen LogP contribution is 2.40. The molecule has 12 nitrogen and oxygen atoms in total. The highest BCUT2D eigenvalue weighted by atomic mass is 16.4. The third kappa shape index (κ3) is 9.67. The fourth-order valence-corrected chi connectivity index (χ4v) is 9.43. The molecule has 13 aromatic rings. The summed E-state index contributed by atoms with van der Waals surface area (Å²) in [4.78, 5) is 6.59. The van der Waals surface area contributed by atoms with E-state index in [0.717, 1.165) is 67.9 Å². The van der Waals surface area contributed by atoms with Gasteiger partial charge in [-0.05, 0) is 164 Å². The van der Waals surface area contributed by atoms with Crippen molar-refractivity contribution in [3.8, 4) is 68.7 Å². The molecule has 0 spiro atoms. The van der Waals surface area contributed by atoms with Crippen LogP contribution in [0.4, 0.5) is 51.2 Å². The number of para-hydroxylation sites is 6. The van der Waals surface area contributed by atoms with Crippen LogP contribution in [0.5, 0.6) is 0 Å². The third-order valence-electron chi connectivity index (χ3n) is 13.2. The number of anilines is 9. The molecule has 12 heteroatoms. The Morgan fingerprint density at radius 1 is 0.179 bits per heavy atom. The maximum atomic E-state index is 6.47. The number of benzene rings is 10. The molecule has 3 aromatic heterocycles. The number of nitrogens with zero attached hydrogens (tertiary/aromatic N) is 9. The predicted molar refractivity (Wildman–Crippen MR) is 307 cm³/mol. The van der Waals surface area contributed by atoms with Crippen molar-refractivity contribution in [2.24, 2.45) is 0 Å². The van der Waals surface area contributed by atoms with Gasteiger partial charge in [-0.2, -0.15) is 0 Å². The van der Waals surface area contributed by atoms with E-state index in [2.05, 4.69) is 118 Å². The van der Waals surface area contributed by atoms with E-state index in [0.29, 0.717) is 34.4 Å². The minimum absolute atomic E-state index is 0.265. The quantitative estimate of drug-likeness (QED) is 0.0970. The van der Waals surface area contributed by atoms with E-state index >= 15 is 0 Å². The van der Waals surface area contributed by atoms with Gasteiger partial charge >= 0.3 is 0 Å². The van der Waals surface area contributed by atoms with Crippen LogP contribution in [-0.2, 0) is 0 Å². The predicted octanol–water partition coefficient (Wildman–Crippen LogP) is 17.2. The minimum Gasteiger partial charge on any atom is -0.416 e. The molecule has 0 bridgehead atoms. The van der Waals surface area contributed by atoms with Crippen LogP contribution in [0.15, 0.2) is 286 Å². The van der Waals surface area contributed by atoms with Crippen molar-refractivity contribution >= 4 is 51.2 Å². The topological polar surface area (TPSA) is 126 Å². The van der Waals surface area contributed by atoms with Crippen molar-refractivity contribution in [1.82, 2.24) is 30.6 Å². The van der Waals surface area contributed by atoms with Gasteiger partial charge in [-0.15, -0.1) is 30.6 Å². The monoisotopic (exact) mass is 1010 g/mol. The Morgan fingerprint density at radius 2 is 0.346 bits per heavy atom. The fraction of sp³-hybridized carbons (Fsp3) is 0. The van der Waals surface area contributed by atoms with Crippen molar-refractivity contribution in [3.63, 3.8) is 0 Å². The molecule has 13 rings (SSSR count). The van der Waals surface area contributed by atoms with Crippen molar-refractivity contribution in [2.45, 2.75) is 0 Å². The van der Waals surface area contributed by atoms with Crippen LogP contribution in [0.1, 0.15) is 0 Å². The van der Waals surface area contributed by atoms with Crippen molar-refractivity contribution < 1.29 is 13.3 Å². The molecular weight excluding hydrogens is 967 g/mol. The fourth-order valence-electron chi connectivity index (χ4n) is 9.43. The molecule has 0 amide bonds. The van der Waals surface area contributed by atoms with Crippen LogP contribution in [0.3, 0.4) is 0 Å². The molecule has 0 aliphatic heterocycles. The Morgan fingerprint density at radius 3 is 0.538 bits per heavy atom. The van der Waals surface area contributed by atoms with Crippen LogP contribution in [0, 0.1) is 0 Å². The second-order valence-electron chi connectivity index (χ2n) is 18.2. The first-order valence-corrected chi connectivity index (χ1v) is 25.3. The van der Waals surface area contributed by atoms with Gasteiger partial charge in [-0.3, -0.25) is 0 Å². The van der Waals surface area contributed by atoms with E-state index in [1.165, 1.54) is 0 Å². The number of rotatable bonds is 15. The van der Waals surface area contributed by atoms with E-state index in [1.807, 2.05) is 200 Å². The zero-order chi connectivity index (χ0) is 52.0. The van der Waals surface area contributed by atoms with E-state index in [4.69, 9.17) is 13.3 Å². The summed E-state index contributed by atoms with van der Waals surface area (Å²) in [5.41, 5.74) is 13.1. The Labute approximate surface area is 449 Å². The lowest BCUT2D eigenvalue weighted by atomic mass is 10.1. The maximum Gasteiger partial charge on any atom is 0.248 e. The van der Waals surface area contributed by atoms with E-state index < -0.39 is 0 Å². The number of hydrogen-bond acceptors (Lipinski definition) is 12. The third-order valence-corrected chi connectivity index (χ3v) is 13.2. The van der Waals surface area contributed by atoms with Gasteiger partial charge in [0.1, 0.15) is 0 Å². The van der Waals surface area contributed by atoms with Crippen LogP contribution in [0.25, 0.3) is 68.7 Å². The average Bonchev–Trinajstić information content (AvgIpc) is 4.34. The molecule has 0 atom stereocenters. The number of aromatic nitrogens is 6. The van der Waals surface area contributed by atoms with E-state index in [9.17, 15) is 0 Å². The van der Waals surface area contributed by atoms with Crippen LogP contribution in [0.2, 0.25) is 0 Å². The summed E-state index contributed by atoms with van der Waals surface area (Å²) in [6, 6.07) is 91.3. The van der Waals surface area contributed by atoms with Crippen LogP contribution in [-0.4, -0.2) is 30.6 Å². The largest absolute Gasteiger partial charge is 0.416 e. The highest BCUT2D eigenvalue weighted by molar-refractivity contribution is 5.81.